The highest BCUT2D eigenvalue weighted by Gasteiger charge is 2.04. The highest BCUT2D eigenvalue weighted by atomic mass is 79.9. The lowest BCUT2D eigenvalue weighted by atomic mass is 10.1. The van der Waals surface area contributed by atoms with Crippen LogP contribution >= 0.6 is 15.9 Å². The molecule has 0 saturated carbocycles. The number of aromatic nitrogens is 2. The molecule has 0 bridgehead atoms. The van der Waals surface area contributed by atoms with Gasteiger partial charge in [0.1, 0.15) is 5.82 Å². The van der Waals surface area contributed by atoms with E-state index in [0.717, 1.165) is 21.7 Å². The van der Waals surface area contributed by atoms with Crippen molar-refractivity contribution < 1.29 is 0 Å². The van der Waals surface area contributed by atoms with Gasteiger partial charge in [0.2, 0.25) is 5.95 Å². The van der Waals surface area contributed by atoms with Gasteiger partial charge in [0.15, 0.2) is 0 Å². The van der Waals surface area contributed by atoms with Crippen molar-refractivity contribution in [3.63, 3.8) is 0 Å². The summed E-state index contributed by atoms with van der Waals surface area (Å²) in [6, 6.07) is 16.5. The van der Waals surface area contributed by atoms with Crippen LogP contribution in [0.15, 0.2) is 53.0 Å². The Morgan fingerprint density at radius 2 is 1.68 bits per heavy atom. The topological polar surface area (TPSA) is 49.8 Å². The smallest absolute Gasteiger partial charge is 0.225 e. The number of hydrogen-bond acceptors (Lipinski definition) is 4. The van der Waals surface area contributed by atoms with Gasteiger partial charge in [-0.25, -0.2) is 4.98 Å². The Labute approximate surface area is 156 Å². The molecule has 0 fully saturated rings. The van der Waals surface area contributed by atoms with Gasteiger partial charge in [-0.3, -0.25) is 0 Å². The average Bonchev–Trinajstić information content (AvgIpc) is 2.57. The van der Waals surface area contributed by atoms with Crippen molar-refractivity contribution in [2.24, 2.45) is 0 Å². The Hall–Kier alpha value is -2.40. The molecule has 4 nitrogen and oxygen atoms in total. The maximum Gasteiger partial charge on any atom is 0.225 e. The van der Waals surface area contributed by atoms with Crippen LogP contribution in [-0.4, -0.2) is 9.97 Å². The van der Waals surface area contributed by atoms with Gasteiger partial charge >= 0.3 is 0 Å². The molecule has 25 heavy (non-hydrogen) atoms. The van der Waals surface area contributed by atoms with Crippen molar-refractivity contribution in [1.29, 1.82) is 0 Å². The van der Waals surface area contributed by atoms with Gasteiger partial charge in [-0.15, -0.1) is 0 Å². The van der Waals surface area contributed by atoms with Crippen LogP contribution in [0.5, 0.6) is 0 Å². The average molecular weight is 397 g/mol. The highest BCUT2D eigenvalue weighted by Crippen LogP contribution is 2.23. The molecule has 1 aromatic heterocycles. The Bertz CT molecular complexity index is 875. The first-order valence-electron chi connectivity index (χ1n) is 8.18. The van der Waals surface area contributed by atoms with Gasteiger partial charge in [0.25, 0.3) is 0 Å². The van der Waals surface area contributed by atoms with E-state index < -0.39 is 0 Å². The monoisotopic (exact) mass is 396 g/mol. The zero-order chi connectivity index (χ0) is 17.8. The molecule has 2 N–H and O–H groups in total. The molecule has 0 atom stereocenters. The van der Waals surface area contributed by atoms with E-state index in [9.17, 15) is 0 Å². The molecule has 5 heteroatoms. The first-order valence-corrected chi connectivity index (χ1v) is 8.97. The number of nitrogens with one attached hydrogen (secondary N) is 2. The molecular weight excluding hydrogens is 376 g/mol. The van der Waals surface area contributed by atoms with Gasteiger partial charge in [-0.2, -0.15) is 4.98 Å². The van der Waals surface area contributed by atoms with E-state index in [1.807, 2.05) is 25.1 Å². The number of anilines is 3. The molecule has 1 heterocycles. The maximum absolute atomic E-state index is 4.57. The Kier molecular flexibility index (Phi) is 5.34. The molecule has 0 aliphatic heterocycles. The third-order valence-corrected chi connectivity index (χ3v) is 4.75. The summed E-state index contributed by atoms with van der Waals surface area (Å²) >= 11 is 3.52. The van der Waals surface area contributed by atoms with Crippen molar-refractivity contribution >= 4 is 33.4 Å². The summed E-state index contributed by atoms with van der Waals surface area (Å²) in [5.74, 6) is 1.40. The quantitative estimate of drug-likeness (QED) is 0.595. The number of hydrogen-bond donors (Lipinski definition) is 2. The van der Waals surface area contributed by atoms with Crippen LogP contribution in [0.2, 0.25) is 0 Å². The summed E-state index contributed by atoms with van der Waals surface area (Å²) < 4.78 is 1.09. The molecule has 0 amide bonds. The predicted molar refractivity (Wildman–Crippen MR) is 107 cm³/mol. The lowest BCUT2D eigenvalue weighted by Gasteiger charge is -2.11. The first kappa shape index (κ1) is 17.4. The fourth-order valence-corrected chi connectivity index (χ4v) is 2.72. The lowest BCUT2D eigenvalue weighted by molar-refractivity contribution is 1.03. The van der Waals surface area contributed by atoms with E-state index in [4.69, 9.17) is 0 Å². The van der Waals surface area contributed by atoms with Crippen molar-refractivity contribution in [1.82, 2.24) is 9.97 Å². The molecule has 0 unspecified atom stereocenters. The SMILES string of the molecule is Cc1ccc(CNc2nc(C)cc(Nc3ccc(Br)c(C)c3)n2)cc1. The van der Waals surface area contributed by atoms with E-state index in [2.05, 4.69) is 80.7 Å². The maximum atomic E-state index is 4.57. The third-order valence-electron chi connectivity index (χ3n) is 3.86. The van der Waals surface area contributed by atoms with Crippen LogP contribution in [0.4, 0.5) is 17.5 Å². The molecular formula is C20H21BrN4. The van der Waals surface area contributed by atoms with E-state index >= 15 is 0 Å². The molecule has 3 aromatic rings. The standard InChI is InChI=1S/C20H21BrN4/c1-13-4-6-16(7-5-13)12-22-20-23-15(3)11-19(25-20)24-17-8-9-18(21)14(2)10-17/h4-11H,12H2,1-3H3,(H2,22,23,24,25). The number of aryl methyl sites for hydroxylation is 3. The van der Waals surface area contributed by atoms with Gasteiger partial charge in [0.05, 0.1) is 0 Å². The zero-order valence-electron chi connectivity index (χ0n) is 14.6. The Balaban J connectivity index is 1.73. The molecule has 0 spiro atoms. The fourth-order valence-electron chi connectivity index (χ4n) is 2.47. The summed E-state index contributed by atoms with van der Waals surface area (Å²) in [6.07, 6.45) is 0. The predicted octanol–water partition coefficient (Wildman–Crippen LogP) is 5.52. The van der Waals surface area contributed by atoms with Crippen LogP contribution in [0.3, 0.4) is 0 Å². The van der Waals surface area contributed by atoms with E-state index in [1.165, 1.54) is 16.7 Å². The van der Waals surface area contributed by atoms with Crippen molar-refractivity contribution in [2.75, 3.05) is 10.6 Å². The van der Waals surface area contributed by atoms with Crippen molar-refractivity contribution in [3.8, 4) is 0 Å². The van der Waals surface area contributed by atoms with Crippen LogP contribution in [0.25, 0.3) is 0 Å². The van der Waals surface area contributed by atoms with E-state index in [0.29, 0.717) is 12.5 Å². The number of halogens is 1. The number of benzene rings is 2. The minimum Gasteiger partial charge on any atom is -0.350 e. The van der Waals surface area contributed by atoms with E-state index in [1.54, 1.807) is 0 Å². The van der Waals surface area contributed by atoms with E-state index in [-0.39, 0.29) is 0 Å². The Morgan fingerprint density at radius 3 is 2.40 bits per heavy atom. The van der Waals surface area contributed by atoms with Gasteiger partial charge < -0.3 is 10.6 Å². The molecule has 0 aliphatic carbocycles. The van der Waals surface area contributed by atoms with Crippen LogP contribution in [0, 0.1) is 20.8 Å². The summed E-state index contributed by atoms with van der Waals surface area (Å²) in [5.41, 5.74) is 5.55. The van der Waals surface area contributed by atoms with Crippen LogP contribution in [-0.2, 0) is 6.54 Å². The van der Waals surface area contributed by atoms with Crippen LogP contribution in [0.1, 0.15) is 22.4 Å². The second kappa shape index (κ2) is 7.66. The van der Waals surface area contributed by atoms with Crippen molar-refractivity contribution in [3.05, 3.63) is 75.4 Å². The fraction of sp³-hybridized carbons (Fsp3) is 0.200. The van der Waals surface area contributed by atoms with Gasteiger partial charge in [-0.1, -0.05) is 45.8 Å². The third kappa shape index (κ3) is 4.79. The molecule has 0 aliphatic rings. The molecule has 0 saturated heterocycles. The summed E-state index contributed by atoms with van der Waals surface area (Å²) in [4.78, 5) is 9.04. The number of nitrogens with zero attached hydrogens (tertiary/aromatic N) is 2. The summed E-state index contributed by atoms with van der Waals surface area (Å²) in [5, 5.41) is 6.65. The minimum absolute atomic E-state index is 0.622. The Morgan fingerprint density at radius 1 is 0.920 bits per heavy atom. The summed E-state index contributed by atoms with van der Waals surface area (Å²) in [7, 11) is 0. The first-order chi connectivity index (χ1) is 12.0. The van der Waals surface area contributed by atoms with Gasteiger partial charge in [-0.05, 0) is 50.1 Å². The summed E-state index contributed by atoms with van der Waals surface area (Å²) in [6.45, 7) is 6.81. The molecule has 0 radical (unpaired) electrons. The number of rotatable bonds is 5. The molecule has 128 valence electrons. The molecule has 3 rings (SSSR count). The lowest BCUT2D eigenvalue weighted by Crippen LogP contribution is -2.06. The second-order valence-corrected chi connectivity index (χ2v) is 7.00. The zero-order valence-corrected chi connectivity index (χ0v) is 16.2. The van der Waals surface area contributed by atoms with Crippen LogP contribution < -0.4 is 10.6 Å². The van der Waals surface area contributed by atoms with Crippen molar-refractivity contribution in [2.45, 2.75) is 27.3 Å². The molecule has 2 aromatic carbocycles. The minimum atomic E-state index is 0.622. The van der Waals surface area contributed by atoms with Gasteiger partial charge in [0, 0.05) is 28.5 Å². The normalized spacial score (nSPS) is 10.6. The second-order valence-electron chi connectivity index (χ2n) is 6.15. The largest absolute Gasteiger partial charge is 0.350 e. The highest BCUT2D eigenvalue weighted by molar-refractivity contribution is 9.10.